The van der Waals surface area contributed by atoms with Gasteiger partial charge >= 0.3 is 0 Å². The topological polar surface area (TPSA) is 69.6 Å². The van der Waals surface area contributed by atoms with E-state index in [0.717, 1.165) is 4.90 Å². The number of thiocarbonyl (C=S) groups is 1. The maximum atomic E-state index is 13.0. The molecule has 0 saturated carbocycles. The molecule has 138 valence electrons. The van der Waals surface area contributed by atoms with Crippen molar-refractivity contribution in [2.75, 3.05) is 4.90 Å². The molecular weight excluding hydrogens is 637 g/mol. The highest BCUT2D eigenvalue weighted by atomic mass is 127. The molecule has 0 unspecified atom stereocenters. The molecule has 1 aliphatic heterocycles. The zero-order chi connectivity index (χ0) is 19.9. The van der Waals surface area contributed by atoms with E-state index in [-0.39, 0.29) is 32.2 Å². The molecule has 1 saturated heterocycles. The van der Waals surface area contributed by atoms with Crippen molar-refractivity contribution in [2.45, 2.75) is 0 Å². The van der Waals surface area contributed by atoms with Gasteiger partial charge in [-0.05, 0) is 93.3 Å². The summed E-state index contributed by atoms with van der Waals surface area (Å²) < 4.78 is 1.19. The van der Waals surface area contributed by atoms with Crippen molar-refractivity contribution in [2.24, 2.45) is 0 Å². The van der Waals surface area contributed by atoms with Crippen molar-refractivity contribution < 1.29 is 14.7 Å². The lowest BCUT2D eigenvalue weighted by Gasteiger charge is -2.29. The van der Waals surface area contributed by atoms with Gasteiger partial charge in [-0.2, -0.15) is 0 Å². The van der Waals surface area contributed by atoms with Gasteiger partial charge in [0.1, 0.15) is 11.3 Å². The van der Waals surface area contributed by atoms with E-state index in [9.17, 15) is 14.7 Å². The molecule has 27 heavy (non-hydrogen) atoms. The highest BCUT2D eigenvalue weighted by Gasteiger charge is 2.35. The Hall–Kier alpha value is -0.950. The summed E-state index contributed by atoms with van der Waals surface area (Å²) in [5.41, 5.74) is 0.752. The average molecular weight is 645 g/mol. The summed E-state index contributed by atoms with van der Waals surface area (Å²) in [6.45, 7) is 0. The van der Waals surface area contributed by atoms with Crippen LogP contribution in [0.3, 0.4) is 0 Å². The zero-order valence-corrected chi connectivity index (χ0v) is 19.7. The van der Waals surface area contributed by atoms with Crippen molar-refractivity contribution in [1.29, 1.82) is 0 Å². The van der Waals surface area contributed by atoms with Crippen molar-refractivity contribution >= 4 is 109 Å². The minimum atomic E-state index is -0.619. The molecule has 1 heterocycles. The van der Waals surface area contributed by atoms with Gasteiger partial charge in [-0.15, -0.1) is 0 Å². The molecule has 0 bridgehead atoms. The summed E-state index contributed by atoms with van der Waals surface area (Å²) in [7, 11) is 0. The number of carbonyl (C=O) groups is 2. The summed E-state index contributed by atoms with van der Waals surface area (Å²) in [5.74, 6) is -1.09. The third-order valence-corrected chi connectivity index (χ3v) is 6.36. The van der Waals surface area contributed by atoms with Crippen molar-refractivity contribution in [3.05, 3.63) is 58.7 Å². The molecule has 2 aromatic carbocycles. The van der Waals surface area contributed by atoms with Gasteiger partial charge in [0.2, 0.25) is 0 Å². The van der Waals surface area contributed by atoms with E-state index in [2.05, 4.69) is 5.32 Å². The molecule has 2 amide bonds. The van der Waals surface area contributed by atoms with Gasteiger partial charge in [0.05, 0.1) is 22.9 Å². The number of nitrogens with one attached hydrogen (secondary N) is 1. The second-order valence-electron chi connectivity index (χ2n) is 5.36. The van der Waals surface area contributed by atoms with Crippen LogP contribution >= 0.6 is 80.6 Å². The van der Waals surface area contributed by atoms with Crippen LogP contribution in [0.4, 0.5) is 5.69 Å². The van der Waals surface area contributed by atoms with E-state index in [1.165, 1.54) is 6.08 Å². The number of hydrogen-bond donors (Lipinski definition) is 2. The quantitative estimate of drug-likeness (QED) is 0.215. The summed E-state index contributed by atoms with van der Waals surface area (Å²) in [6, 6.07) is 8.12. The van der Waals surface area contributed by atoms with Crippen LogP contribution in [0.5, 0.6) is 5.75 Å². The highest BCUT2D eigenvalue weighted by Crippen LogP contribution is 2.35. The summed E-state index contributed by atoms with van der Waals surface area (Å²) >= 11 is 21.3. The molecule has 1 fully saturated rings. The number of benzene rings is 2. The molecule has 2 aromatic rings. The van der Waals surface area contributed by atoms with Crippen molar-refractivity contribution in [3.63, 3.8) is 0 Å². The first-order chi connectivity index (χ1) is 12.7. The number of aromatic hydroxyl groups is 1. The van der Waals surface area contributed by atoms with Crippen LogP contribution in [-0.2, 0) is 9.59 Å². The summed E-state index contributed by atoms with van der Waals surface area (Å²) in [4.78, 5) is 26.5. The third kappa shape index (κ3) is 4.09. The Bertz CT molecular complexity index is 1020. The summed E-state index contributed by atoms with van der Waals surface area (Å²) in [6.07, 6.45) is 1.44. The predicted octanol–water partition coefficient (Wildman–Crippen LogP) is 4.74. The van der Waals surface area contributed by atoms with E-state index in [1.54, 1.807) is 30.3 Å². The van der Waals surface area contributed by atoms with Crippen LogP contribution in [0, 0.1) is 7.14 Å². The molecule has 10 heteroatoms. The average Bonchev–Trinajstić information content (AvgIpc) is 2.60. The molecule has 0 aromatic heterocycles. The van der Waals surface area contributed by atoms with E-state index in [1.807, 2.05) is 45.2 Å². The Morgan fingerprint density at radius 1 is 1.15 bits per heavy atom. The highest BCUT2D eigenvalue weighted by molar-refractivity contribution is 14.1. The largest absolute Gasteiger partial charge is 0.506 e. The van der Waals surface area contributed by atoms with Crippen LogP contribution in [0.25, 0.3) is 6.08 Å². The second-order valence-corrected chi connectivity index (χ2v) is 8.86. The van der Waals surface area contributed by atoms with E-state index < -0.39 is 11.8 Å². The number of anilines is 1. The van der Waals surface area contributed by atoms with Crippen LogP contribution in [0.2, 0.25) is 10.0 Å². The van der Waals surface area contributed by atoms with Gasteiger partial charge in [-0.25, -0.2) is 0 Å². The first kappa shape index (κ1) is 20.8. The molecule has 5 nitrogen and oxygen atoms in total. The minimum absolute atomic E-state index is 0.0822. The van der Waals surface area contributed by atoms with E-state index in [0.29, 0.717) is 12.7 Å². The van der Waals surface area contributed by atoms with Crippen molar-refractivity contribution in [1.82, 2.24) is 5.32 Å². The molecule has 0 radical (unpaired) electrons. The third-order valence-electron chi connectivity index (χ3n) is 3.62. The Balaban J connectivity index is 2.09. The first-order valence-corrected chi connectivity index (χ1v) is 10.6. The van der Waals surface area contributed by atoms with Crippen LogP contribution in [0.15, 0.2) is 35.9 Å². The standard InChI is InChI=1S/C17H8Cl2I2N2O3S/c18-9-2-1-3-12(13(9)19)23-16(26)8(15(25)22-17(23)27)4-7-5-10(20)14(24)11(21)6-7/h1-6,24H,(H,22,25,27)/b8-4+. The smallest absolute Gasteiger partial charge is 0.270 e. The molecular formula is C17H8Cl2I2N2O3S. The Kier molecular flexibility index (Phi) is 6.31. The Labute approximate surface area is 197 Å². The fourth-order valence-electron chi connectivity index (χ4n) is 2.38. The predicted molar refractivity (Wildman–Crippen MR) is 126 cm³/mol. The number of halogens is 4. The van der Waals surface area contributed by atoms with Gasteiger partial charge in [-0.3, -0.25) is 19.8 Å². The van der Waals surface area contributed by atoms with E-state index in [4.69, 9.17) is 35.4 Å². The minimum Gasteiger partial charge on any atom is -0.506 e. The van der Waals surface area contributed by atoms with Crippen LogP contribution < -0.4 is 10.2 Å². The Morgan fingerprint density at radius 3 is 2.41 bits per heavy atom. The fraction of sp³-hybridized carbons (Fsp3) is 0. The first-order valence-electron chi connectivity index (χ1n) is 7.24. The van der Waals surface area contributed by atoms with Gasteiger partial charge < -0.3 is 5.11 Å². The lowest BCUT2D eigenvalue weighted by Crippen LogP contribution is -2.54. The molecule has 2 N–H and O–H groups in total. The number of nitrogens with zero attached hydrogens (tertiary/aromatic N) is 1. The van der Waals surface area contributed by atoms with Gasteiger partial charge in [-0.1, -0.05) is 29.3 Å². The van der Waals surface area contributed by atoms with Crippen LogP contribution in [-0.4, -0.2) is 22.0 Å². The lowest BCUT2D eigenvalue weighted by molar-refractivity contribution is -0.122. The summed E-state index contributed by atoms with van der Waals surface area (Å²) in [5, 5.41) is 12.7. The number of carbonyl (C=O) groups excluding carboxylic acids is 2. The van der Waals surface area contributed by atoms with Gasteiger partial charge in [0, 0.05) is 0 Å². The maximum Gasteiger partial charge on any atom is 0.270 e. The fourth-order valence-corrected chi connectivity index (χ4v) is 4.85. The number of phenols is 1. The Morgan fingerprint density at radius 2 is 1.78 bits per heavy atom. The van der Waals surface area contributed by atoms with Crippen LogP contribution in [0.1, 0.15) is 5.56 Å². The monoisotopic (exact) mass is 644 g/mol. The van der Waals surface area contributed by atoms with Gasteiger partial charge in [0.15, 0.2) is 5.11 Å². The molecule has 0 aliphatic carbocycles. The maximum absolute atomic E-state index is 13.0. The SMILES string of the molecule is O=C1NC(=S)N(c2cccc(Cl)c2Cl)C(=O)/C1=C/c1cc(I)c(O)c(I)c1. The number of rotatable bonds is 2. The number of hydrogen-bond acceptors (Lipinski definition) is 4. The molecule has 0 spiro atoms. The number of amides is 2. The molecule has 3 rings (SSSR count). The van der Waals surface area contributed by atoms with E-state index >= 15 is 0 Å². The second kappa shape index (κ2) is 8.19. The molecule has 0 atom stereocenters. The van der Waals surface area contributed by atoms with Gasteiger partial charge in [0.25, 0.3) is 11.8 Å². The van der Waals surface area contributed by atoms with Crippen molar-refractivity contribution in [3.8, 4) is 5.75 Å². The zero-order valence-electron chi connectivity index (χ0n) is 13.1. The number of phenolic OH excluding ortho intramolecular Hbond substituents is 1. The molecule has 1 aliphatic rings. The normalized spacial score (nSPS) is 16.1. The lowest BCUT2D eigenvalue weighted by atomic mass is 10.1.